The van der Waals surface area contributed by atoms with Crippen LogP contribution < -0.4 is 0 Å². The smallest absolute Gasteiger partial charge is 0.342 e. The monoisotopic (exact) mass is 556 g/mol. The molecule has 32 heavy (non-hydrogen) atoms. The Morgan fingerprint density at radius 1 is 1.34 bits per heavy atom. The number of hydrogen-bond donors (Lipinski definition) is 1. The predicted octanol–water partition coefficient (Wildman–Crippen LogP) is 2.74. The molecule has 8 nitrogen and oxygen atoms in total. The number of allylic oxidation sites excluding steroid dienone is 1. The highest BCUT2D eigenvalue weighted by molar-refractivity contribution is 14.1. The Kier molecular flexibility index (Phi) is 4.93. The van der Waals surface area contributed by atoms with Gasteiger partial charge in [0.2, 0.25) is 5.78 Å². The van der Waals surface area contributed by atoms with Crippen LogP contribution in [0.2, 0.25) is 0 Å². The quantitative estimate of drug-likeness (QED) is 0.344. The summed E-state index contributed by atoms with van der Waals surface area (Å²) in [5.74, 6) is -1.48. The molecule has 1 fully saturated rings. The highest BCUT2D eigenvalue weighted by Crippen LogP contribution is 2.63. The number of halogens is 1. The fraction of sp³-hybridized carbons (Fsp3) is 0.609. The van der Waals surface area contributed by atoms with Crippen molar-refractivity contribution >= 4 is 40.3 Å². The first-order valence-corrected chi connectivity index (χ1v) is 11.9. The van der Waals surface area contributed by atoms with Crippen molar-refractivity contribution in [2.75, 3.05) is 13.7 Å². The van der Waals surface area contributed by atoms with E-state index in [9.17, 15) is 19.5 Å². The second-order valence-electron chi connectivity index (χ2n) is 9.62. The lowest BCUT2D eigenvalue weighted by Crippen LogP contribution is -2.57. The normalized spacial score (nSPS) is 39.9. The van der Waals surface area contributed by atoms with Gasteiger partial charge in [0.25, 0.3) is 0 Å². The lowest BCUT2D eigenvalue weighted by Gasteiger charge is -2.52. The number of fused-ring (bicyclic) bond motifs is 3. The number of esters is 2. The molecule has 4 aliphatic rings. The lowest BCUT2D eigenvalue weighted by molar-refractivity contribution is -0.149. The average Bonchev–Trinajstić information content (AvgIpc) is 3.26. The topological polar surface area (TPSA) is 112 Å². The Morgan fingerprint density at radius 2 is 2.06 bits per heavy atom. The van der Waals surface area contributed by atoms with E-state index in [-0.39, 0.29) is 33.6 Å². The van der Waals surface area contributed by atoms with Crippen LogP contribution in [0.15, 0.2) is 21.8 Å². The number of ether oxygens (including phenoxy) is 3. The summed E-state index contributed by atoms with van der Waals surface area (Å²) in [5, 5.41) is 11.1. The summed E-state index contributed by atoms with van der Waals surface area (Å²) in [6.07, 6.45) is 0.120. The molecule has 1 aliphatic heterocycles. The van der Waals surface area contributed by atoms with Crippen LogP contribution in [0, 0.1) is 11.3 Å². The molecule has 1 unspecified atom stereocenters. The molecule has 3 aliphatic carbocycles. The minimum atomic E-state index is -0.972. The zero-order valence-electron chi connectivity index (χ0n) is 18.3. The van der Waals surface area contributed by atoms with Gasteiger partial charge in [0, 0.05) is 34.5 Å². The molecule has 0 saturated heterocycles. The van der Waals surface area contributed by atoms with E-state index in [0.29, 0.717) is 29.6 Å². The van der Waals surface area contributed by atoms with Gasteiger partial charge in [0.05, 0.1) is 18.1 Å². The Balaban J connectivity index is 1.82. The van der Waals surface area contributed by atoms with Gasteiger partial charge in [0.1, 0.15) is 24.0 Å². The van der Waals surface area contributed by atoms with Gasteiger partial charge in [-0.15, -0.1) is 0 Å². The van der Waals surface area contributed by atoms with E-state index in [2.05, 4.69) is 22.6 Å². The first-order valence-electron chi connectivity index (χ1n) is 10.7. The average molecular weight is 556 g/mol. The first kappa shape index (κ1) is 22.1. The van der Waals surface area contributed by atoms with Crippen LogP contribution in [0.3, 0.4) is 0 Å². The number of hydrogen-bond acceptors (Lipinski definition) is 8. The van der Waals surface area contributed by atoms with Gasteiger partial charge in [-0.1, -0.05) is 29.5 Å². The number of alkyl halides is 1. The number of cyclic esters (lactones) is 1. The van der Waals surface area contributed by atoms with Gasteiger partial charge in [-0.3, -0.25) is 9.59 Å². The van der Waals surface area contributed by atoms with Crippen molar-refractivity contribution in [3.05, 3.63) is 34.3 Å². The maximum atomic E-state index is 13.8. The molecule has 7 atom stereocenters. The standard InChI is InChI=1S/C23H25IO8/c1-9(25)31-13-6-22(2)11(5-12(24)20(22)27)15-17(13)23(3)14(8-29-4)32-21(28)10-7-30-19(16(10)23)18(15)26/h7,11-14,20,27H,5-6,8H2,1-4H3/t11?,12-,13-,14-,20+,22+,23+/m1/s1. The van der Waals surface area contributed by atoms with Gasteiger partial charge in [-0.2, -0.15) is 0 Å². The molecule has 0 amide bonds. The third-order valence-corrected chi connectivity index (χ3v) is 9.11. The molecule has 1 N–H and O–H groups in total. The molecule has 1 aromatic heterocycles. The third kappa shape index (κ3) is 2.64. The van der Waals surface area contributed by atoms with Crippen molar-refractivity contribution in [1.82, 2.24) is 0 Å². The molecule has 0 spiro atoms. The molecule has 1 saturated carbocycles. The van der Waals surface area contributed by atoms with Crippen LogP contribution in [-0.2, 0) is 24.4 Å². The number of ketones is 1. The number of Topliss-reactive ketones (excluding diaryl/α,β-unsaturated/α-hetero) is 1. The SMILES string of the molecule is COC[C@H]1OC(=O)c2coc3c2[C@@]1(C)C1=C(C3=O)C2C[C@@H](I)[C@H](O)[C@@]2(C)C[C@H]1OC(C)=O. The summed E-state index contributed by atoms with van der Waals surface area (Å²) in [7, 11) is 1.52. The second kappa shape index (κ2) is 7.14. The van der Waals surface area contributed by atoms with Crippen LogP contribution in [0.5, 0.6) is 0 Å². The second-order valence-corrected chi connectivity index (χ2v) is 11.2. The largest absolute Gasteiger partial charge is 0.460 e. The number of aliphatic hydroxyl groups is 1. The molecule has 1 aromatic rings. The minimum Gasteiger partial charge on any atom is -0.460 e. The van der Waals surface area contributed by atoms with E-state index < -0.39 is 41.1 Å². The third-order valence-electron chi connectivity index (χ3n) is 7.92. The zero-order valence-corrected chi connectivity index (χ0v) is 20.4. The van der Waals surface area contributed by atoms with Gasteiger partial charge in [0.15, 0.2) is 5.76 Å². The van der Waals surface area contributed by atoms with E-state index in [4.69, 9.17) is 18.6 Å². The molecule has 0 aromatic carbocycles. The number of methoxy groups -OCH3 is 1. The van der Waals surface area contributed by atoms with Crippen LogP contribution in [0.25, 0.3) is 0 Å². The van der Waals surface area contributed by atoms with Crippen molar-refractivity contribution in [2.24, 2.45) is 11.3 Å². The maximum absolute atomic E-state index is 13.8. The highest BCUT2D eigenvalue weighted by atomic mass is 127. The first-order chi connectivity index (χ1) is 15.1. The maximum Gasteiger partial charge on any atom is 0.342 e. The van der Waals surface area contributed by atoms with Crippen LogP contribution in [-0.4, -0.2) is 58.8 Å². The molecule has 5 rings (SSSR count). The van der Waals surface area contributed by atoms with Crippen molar-refractivity contribution < 1.29 is 38.1 Å². The lowest BCUT2D eigenvalue weighted by atomic mass is 9.54. The Hall–Kier alpha value is -1.72. The fourth-order valence-electron chi connectivity index (χ4n) is 6.46. The molecular weight excluding hydrogens is 531 g/mol. The Morgan fingerprint density at radius 3 is 2.72 bits per heavy atom. The van der Waals surface area contributed by atoms with E-state index in [1.807, 2.05) is 13.8 Å². The predicted molar refractivity (Wildman–Crippen MR) is 119 cm³/mol. The van der Waals surface area contributed by atoms with Crippen LogP contribution in [0.1, 0.15) is 60.1 Å². The molecule has 9 heteroatoms. The van der Waals surface area contributed by atoms with Gasteiger partial charge in [-0.25, -0.2) is 4.79 Å². The van der Waals surface area contributed by atoms with Crippen molar-refractivity contribution in [1.29, 1.82) is 0 Å². The zero-order chi connectivity index (χ0) is 23.2. The molecule has 2 heterocycles. The van der Waals surface area contributed by atoms with Crippen molar-refractivity contribution in [3.63, 3.8) is 0 Å². The Bertz CT molecular complexity index is 1070. The molecule has 172 valence electrons. The summed E-state index contributed by atoms with van der Waals surface area (Å²) in [4.78, 5) is 38.6. The summed E-state index contributed by atoms with van der Waals surface area (Å²) >= 11 is 2.23. The van der Waals surface area contributed by atoms with Gasteiger partial charge < -0.3 is 23.7 Å². The van der Waals surface area contributed by atoms with E-state index in [1.165, 1.54) is 20.3 Å². The number of furan rings is 1. The fourth-order valence-corrected chi connectivity index (χ4v) is 7.79. The molecular formula is C23H25IO8. The summed E-state index contributed by atoms with van der Waals surface area (Å²) < 4.78 is 22.6. The van der Waals surface area contributed by atoms with E-state index >= 15 is 0 Å². The van der Waals surface area contributed by atoms with Crippen LogP contribution >= 0.6 is 22.6 Å². The van der Waals surface area contributed by atoms with Crippen LogP contribution in [0.4, 0.5) is 0 Å². The molecule has 0 bridgehead atoms. The summed E-state index contributed by atoms with van der Waals surface area (Å²) in [6, 6.07) is 0. The number of rotatable bonds is 3. The van der Waals surface area contributed by atoms with E-state index in [0.717, 1.165) is 0 Å². The van der Waals surface area contributed by atoms with Crippen molar-refractivity contribution in [3.8, 4) is 0 Å². The van der Waals surface area contributed by atoms with E-state index in [1.54, 1.807) is 0 Å². The molecule has 0 radical (unpaired) electrons. The summed E-state index contributed by atoms with van der Waals surface area (Å²) in [6.45, 7) is 5.28. The van der Waals surface area contributed by atoms with Gasteiger partial charge >= 0.3 is 11.9 Å². The minimum absolute atomic E-state index is 0.0550. The number of carbonyl (C=O) groups is 3. The highest BCUT2D eigenvalue weighted by Gasteiger charge is 2.65. The number of carbonyl (C=O) groups excluding carboxylic acids is 3. The summed E-state index contributed by atoms with van der Waals surface area (Å²) in [5.41, 5.74) is 0.223. The van der Waals surface area contributed by atoms with Gasteiger partial charge in [-0.05, 0) is 31.3 Å². The number of aliphatic hydroxyl groups excluding tert-OH is 1. The Labute approximate surface area is 198 Å². The van der Waals surface area contributed by atoms with Crippen molar-refractivity contribution in [2.45, 2.75) is 61.3 Å².